The van der Waals surface area contributed by atoms with E-state index in [2.05, 4.69) is 10.3 Å². The zero-order chi connectivity index (χ0) is 21.1. The molecular weight excluding hydrogens is 398 g/mol. The number of fused-ring (bicyclic) bond motifs is 1. The third kappa shape index (κ3) is 4.51. The van der Waals surface area contributed by atoms with Crippen LogP contribution in [0, 0.1) is 13.8 Å². The molecule has 3 aromatic rings. The SMILES string of the molecule is Cc1ccc(NC(=O)CSc2nc(=O)n(Cc3ccco3)c3c2CCCC3)c(C)c1. The van der Waals surface area contributed by atoms with Gasteiger partial charge in [0.1, 0.15) is 10.8 Å². The molecule has 1 aromatic carbocycles. The average Bonchev–Trinajstić information content (AvgIpc) is 3.24. The number of nitrogens with one attached hydrogen (secondary N) is 1. The van der Waals surface area contributed by atoms with Crippen molar-refractivity contribution >= 4 is 23.4 Å². The number of benzene rings is 1. The third-order valence-corrected chi connectivity index (χ3v) is 6.36. The standard InChI is InChI=1S/C23H25N3O3S/c1-15-9-10-19(16(2)12-15)24-21(27)14-30-22-18-7-3-4-8-20(18)26(23(28)25-22)13-17-6-5-11-29-17/h5-6,9-12H,3-4,7-8,13-14H2,1-2H3,(H,24,27). The van der Waals surface area contributed by atoms with Gasteiger partial charge in [0, 0.05) is 16.9 Å². The van der Waals surface area contributed by atoms with E-state index in [9.17, 15) is 9.59 Å². The summed E-state index contributed by atoms with van der Waals surface area (Å²) in [5.74, 6) is 0.854. The number of nitrogens with zero attached hydrogens (tertiary/aromatic N) is 2. The molecule has 4 rings (SSSR count). The zero-order valence-corrected chi connectivity index (χ0v) is 18.1. The summed E-state index contributed by atoms with van der Waals surface area (Å²) in [5.41, 5.74) is 4.83. The normalized spacial score (nSPS) is 13.1. The van der Waals surface area contributed by atoms with Crippen LogP contribution in [0.3, 0.4) is 0 Å². The first-order chi connectivity index (χ1) is 14.5. The number of hydrogen-bond donors (Lipinski definition) is 1. The van der Waals surface area contributed by atoms with Gasteiger partial charge in [-0.3, -0.25) is 9.36 Å². The number of thioether (sulfide) groups is 1. The van der Waals surface area contributed by atoms with Gasteiger partial charge in [-0.25, -0.2) is 4.79 Å². The van der Waals surface area contributed by atoms with Crippen LogP contribution in [0.1, 0.15) is 41.0 Å². The fraction of sp³-hybridized carbons (Fsp3) is 0.348. The second-order valence-electron chi connectivity index (χ2n) is 7.65. The molecule has 2 aromatic heterocycles. The number of carbonyl (C=O) groups excluding carboxylic acids is 1. The summed E-state index contributed by atoms with van der Waals surface area (Å²) in [6.07, 6.45) is 5.44. The number of amides is 1. The van der Waals surface area contributed by atoms with Gasteiger partial charge in [0.2, 0.25) is 5.91 Å². The van der Waals surface area contributed by atoms with Gasteiger partial charge in [-0.05, 0) is 63.3 Å². The quantitative estimate of drug-likeness (QED) is 0.477. The molecular formula is C23H25N3O3S. The lowest BCUT2D eigenvalue weighted by Gasteiger charge is -2.22. The Bertz CT molecular complexity index is 1120. The second kappa shape index (κ2) is 8.92. The average molecular weight is 424 g/mol. The highest BCUT2D eigenvalue weighted by molar-refractivity contribution is 8.00. The van der Waals surface area contributed by atoms with Crippen molar-refractivity contribution in [3.8, 4) is 0 Å². The van der Waals surface area contributed by atoms with Crippen LogP contribution in [0.15, 0.2) is 50.8 Å². The van der Waals surface area contributed by atoms with Crippen molar-refractivity contribution in [2.24, 2.45) is 0 Å². The Morgan fingerprint density at radius 3 is 2.83 bits per heavy atom. The molecule has 156 valence electrons. The fourth-order valence-electron chi connectivity index (χ4n) is 3.86. The number of aromatic nitrogens is 2. The summed E-state index contributed by atoms with van der Waals surface area (Å²) in [7, 11) is 0. The van der Waals surface area contributed by atoms with Crippen LogP contribution < -0.4 is 11.0 Å². The van der Waals surface area contributed by atoms with Gasteiger partial charge in [0.05, 0.1) is 18.6 Å². The molecule has 0 fully saturated rings. The summed E-state index contributed by atoms with van der Waals surface area (Å²) < 4.78 is 7.14. The molecule has 0 bridgehead atoms. The molecule has 0 radical (unpaired) electrons. The lowest BCUT2D eigenvalue weighted by molar-refractivity contribution is -0.113. The minimum absolute atomic E-state index is 0.0990. The number of rotatable bonds is 6. The van der Waals surface area contributed by atoms with Crippen LogP contribution in [0.5, 0.6) is 0 Å². The van der Waals surface area contributed by atoms with Crippen LogP contribution >= 0.6 is 11.8 Å². The maximum absolute atomic E-state index is 12.7. The van der Waals surface area contributed by atoms with Crippen LogP contribution in [-0.2, 0) is 24.2 Å². The van der Waals surface area contributed by atoms with Gasteiger partial charge in [0.25, 0.3) is 0 Å². The van der Waals surface area contributed by atoms with Crippen LogP contribution in [0.2, 0.25) is 0 Å². The Balaban J connectivity index is 1.52. The summed E-state index contributed by atoms with van der Waals surface area (Å²) in [6, 6.07) is 9.62. The highest BCUT2D eigenvalue weighted by Crippen LogP contribution is 2.29. The molecule has 0 saturated carbocycles. The molecule has 0 atom stereocenters. The predicted molar refractivity (Wildman–Crippen MR) is 118 cm³/mol. The van der Waals surface area contributed by atoms with E-state index in [4.69, 9.17) is 4.42 Å². The molecule has 0 spiro atoms. The number of carbonyl (C=O) groups is 1. The summed E-state index contributed by atoms with van der Waals surface area (Å²) in [5, 5.41) is 3.64. The van der Waals surface area contributed by atoms with Crippen LogP contribution in [0.4, 0.5) is 5.69 Å². The first-order valence-corrected chi connectivity index (χ1v) is 11.1. The topological polar surface area (TPSA) is 77.1 Å². The van der Waals surface area contributed by atoms with Gasteiger partial charge >= 0.3 is 5.69 Å². The van der Waals surface area contributed by atoms with Gasteiger partial charge in [-0.2, -0.15) is 4.98 Å². The number of anilines is 1. The Kier molecular flexibility index (Phi) is 6.08. The van der Waals surface area contributed by atoms with Crippen molar-refractivity contribution in [2.75, 3.05) is 11.1 Å². The highest BCUT2D eigenvalue weighted by atomic mass is 32.2. The molecule has 1 aliphatic carbocycles. The van der Waals surface area contributed by atoms with Gasteiger partial charge in [-0.15, -0.1) is 0 Å². The molecule has 1 N–H and O–H groups in total. The Morgan fingerprint density at radius 2 is 2.07 bits per heavy atom. The number of furan rings is 1. The van der Waals surface area contributed by atoms with Gasteiger partial charge in [0.15, 0.2) is 0 Å². The molecule has 0 saturated heterocycles. The van der Waals surface area contributed by atoms with E-state index in [1.165, 1.54) is 11.8 Å². The molecule has 0 aliphatic heterocycles. The lowest BCUT2D eigenvalue weighted by atomic mass is 9.97. The molecule has 0 unspecified atom stereocenters. The van der Waals surface area contributed by atoms with E-state index in [0.29, 0.717) is 11.6 Å². The highest BCUT2D eigenvalue weighted by Gasteiger charge is 2.21. The first kappa shape index (κ1) is 20.5. The van der Waals surface area contributed by atoms with E-state index < -0.39 is 0 Å². The van der Waals surface area contributed by atoms with Crippen molar-refractivity contribution in [3.05, 3.63) is 75.2 Å². The molecule has 1 aliphatic rings. The zero-order valence-electron chi connectivity index (χ0n) is 17.2. The van der Waals surface area contributed by atoms with Crippen LogP contribution in [0.25, 0.3) is 0 Å². The van der Waals surface area contributed by atoms with Crippen molar-refractivity contribution in [3.63, 3.8) is 0 Å². The Labute approximate surface area is 179 Å². The van der Waals surface area contributed by atoms with E-state index in [-0.39, 0.29) is 17.3 Å². The first-order valence-electron chi connectivity index (χ1n) is 10.2. The van der Waals surface area contributed by atoms with E-state index in [0.717, 1.165) is 59.5 Å². The van der Waals surface area contributed by atoms with Crippen LogP contribution in [-0.4, -0.2) is 21.2 Å². The molecule has 6 nitrogen and oxygen atoms in total. The maximum atomic E-state index is 12.7. The molecule has 30 heavy (non-hydrogen) atoms. The molecule has 1 amide bonds. The van der Waals surface area contributed by atoms with Crippen molar-refractivity contribution in [2.45, 2.75) is 51.1 Å². The van der Waals surface area contributed by atoms with E-state index >= 15 is 0 Å². The fourth-order valence-corrected chi connectivity index (χ4v) is 4.74. The van der Waals surface area contributed by atoms with Gasteiger partial charge in [-0.1, -0.05) is 29.5 Å². The maximum Gasteiger partial charge on any atom is 0.349 e. The Hall–Kier alpha value is -2.80. The second-order valence-corrected chi connectivity index (χ2v) is 8.62. The van der Waals surface area contributed by atoms with E-state index in [1.807, 2.05) is 44.2 Å². The molecule has 2 heterocycles. The number of aryl methyl sites for hydroxylation is 2. The largest absolute Gasteiger partial charge is 0.467 e. The summed E-state index contributed by atoms with van der Waals surface area (Å²) in [6.45, 7) is 4.39. The van der Waals surface area contributed by atoms with Crippen molar-refractivity contribution < 1.29 is 9.21 Å². The monoisotopic (exact) mass is 423 g/mol. The number of hydrogen-bond acceptors (Lipinski definition) is 5. The summed E-state index contributed by atoms with van der Waals surface area (Å²) >= 11 is 1.34. The minimum atomic E-state index is -0.288. The third-order valence-electron chi connectivity index (χ3n) is 5.34. The van der Waals surface area contributed by atoms with Gasteiger partial charge < -0.3 is 9.73 Å². The van der Waals surface area contributed by atoms with Crippen molar-refractivity contribution in [1.29, 1.82) is 0 Å². The molecule has 7 heteroatoms. The lowest BCUT2D eigenvalue weighted by Crippen LogP contribution is -2.30. The summed E-state index contributed by atoms with van der Waals surface area (Å²) in [4.78, 5) is 29.6. The Morgan fingerprint density at radius 1 is 1.23 bits per heavy atom. The predicted octanol–water partition coefficient (Wildman–Crippen LogP) is 4.11. The van der Waals surface area contributed by atoms with E-state index in [1.54, 1.807) is 10.8 Å². The smallest absolute Gasteiger partial charge is 0.349 e. The minimum Gasteiger partial charge on any atom is -0.467 e. The van der Waals surface area contributed by atoms with Crippen molar-refractivity contribution in [1.82, 2.24) is 9.55 Å².